The fraction of sp³-hybridized carbons (Fsp3) is 0.429. The summed E-state index contributed by atoms with van der Waals surface area (Å²) in [4.78, 5) is 28.6. The molecule has 0 spiro atoms. The Bertz CT molecular complexity index is 861. The van der Waals surface area contributed by atoms with Crippen LogP contribution in [0.2, 0.25) is 0 Å². The predicted octanol–water partition coefficient (Wildman–Crippen LogP) is 4.35. The van der Waals surface area contributed by atoms with Crippen LogP contribution in [0.4, 0.5) is 11.4 Å². The lowest BCUT2D eigenvalue weighted by Gasteiger charge is -2.26. The Labute approximate surface area is 158 Å². The van der Waals surface area contributed by atoms with Gasteiger partial charge in [-0.2, -0.15) is 0 Å². The molecule has 1 saturated carbocycles. The summed E-state index contributed by atoms with van der Waals surface area (Å²) in [7, 11) is 0. The zero-order valence-electron chi connectivity index (χ0n) is 15.5. The summed E-state index contributed by atoms with van der Waals surface area (Å²) in [6.07, 6.45) is 2.67. The van der Waals surface area contributed by atoms with Gasteiger partial charge in [-0.15, -0.1) is 11.3 Å². The maximum Gasteiger partial charge on any atom is 0.235 e. The number of anilines is 2. The minimum absolute atomic E-state index is 0.0617. The van der Waals surface area contributed by atoms with E-state index in [0.29, 0.717) is 6.54 Å². The van der Waals surface area contributed by atoms with Gasteiger partial charge >= 0.3 is 0 Å². The van der Waals surface area contributed by atoms with E-state index < -0.39 is 5.41 Å². The summed E-state index contributed by atoms with van der Waals surface area (Å²) in [6, 6.07) is 9.98. The number of hydrogen-bond donors (Lipinski definition) is 1. The molecule has 5 heteroatoms. The molecular formula is C21H24N2O2S. The molecule has 0 radical (unpaired) electrons. The van der Waals surface area contributed by atoms with Gasteiger partial charge in [-0.1, -0.05) is 32.9 Å². The van der Waals surface area contributed by atoms with Crippen LogP contribution in [0.3, 0.4) is 0 Å². The van der Waals surface area contributed by atoms with Gasteiger partial charge in [0, 0.05) is 28.2 Å². The van der Waals surface area contributed by atoms with Crippen LogP contribution in [0.25, 0.3) is 0 Å². The topological polar surface area (TPSA) is 49.4 Å². The molecule has 2 aromatic rings. The highest BCUT2D eigenvalue weighted by atomic mass is 32.1. The van der Waals surface area contributed by atoms with Crippen molar-refractivity contribution in [3.05, 3.63) is 46.2 Å². The minimum atomic E-state index is -0.419. The lowest BCUT2D eigenvalue weighted by Crippen LogP contribution is -2.38. The van der Waals surface area contributed by atoms with Gasteiger partial charge in [-0.3, -0.25) is 9.59 Å². The fourth-order valence-electron chi connectivity index (χ4n) is 3.58. The molecule has 2 amide bonds. The normalized spacial score (nSPS) is 17.7. The third kappa shape index (κ3) is 2.84. The highest BCUT2D eigenvalue weighted by Crippen LogP contribution is 2.50. The zero-order valence-corrected chi connectivity index (χ0v) is 16.3. The highest BCUT2D eigenvalue weighted by molar-refractivity contribution is 7.10. The van der Waals surface area contributed by atoms with Crippen LogP contribution in [0.5, 0.6) is 0 Å². The Kier molecular flexibility index (Phi) is 3.95. The second-order valence-corrected chi connectivity index (χ2v) is 9.26. The van der Waals surface area contributed by atoms with Crippen molar-refractivity contribution < 1.29 is 9.59 Å². The molecule has 0 bridgehead atoms. The average Bonchev–Trinajstić information content (AvgIpc) is 3.04. The molecule has 1 fully saturated rings. The number of thiophene rings is 1. The molecule has 26 heavy (non-hydrogen) atoms. The van der Waals surface area contributed by atoms with Crippen molar-refractivity contribution in [2.24, 2.45) is 5.41 Å². The second kappa shape index (κ2) is 5.95. The number of rotatable bonds is 3. The van der Waals surface area contributed by atoms with Gasteiger partial charge in [0.1, 0.15) is 0 Å². The van der Waals surface area contributed by atoms with Crippen molar-refractivity contribution >= 4 is 34.5 Å². The first-order valence-corrected chi connectivity index (χ1v) is 10.00. The number of carbonyl (C=O) groups excluding carboxylic acids is 2. The molecule has 1 aliphatic carbocycles. The molecule has 2 heterocycles. The second-order valence-electron chi connectivity index (χ2n) is 8.31. The maximum atomic E-state index is 12.9. The van der Waals surface area contributed by atoms with Gasteiger partial charge in [-0.25, -0.2) is 0 Å². The summed E-state index contributed by atoms with van der Waals surface area (Å²) in [5.41, 5.74) is 2.10. The van der Waals surface area contributed by atoms with Crippen LogP contribution in [0.15, 0.2) is 35.7 Å². The summed E-state index contributed by atoms with van der Waals surface area (Å²) in [5.74, 6) is 0.184. The van der Waals surface area contributed by atoms with Crippen LogP contribution in [-0.2, 0) is 21.4 Å². The van der Waals surface area contributed by atoms with Crippen molar-refractivity contribution in [1.29, 1.82) is 0 Å². The number of nitrogens with one attached hydrogen (secondary N) is 1. The van der Waals surface area contributed by atoms with Crippen molar-refractivity contribution in [3.8, 4) is 0 Å². The Balaban J connectivity index is 1.57. The van der Waals surface area contributed by atoms with E-state index in [-0.39, 0.29) is 17.2 Å². The standard InChI is InChI=1S/C21H24N2O2S/c1-20(2,3)19(25)23-11-8-14-6-7-15(13-16(14)23)22-18(24)21(9-10-21)17-5-4-12-26-17/h4-7,12-13H,8-11H2,1-3H3,(H,22,24). The van der Waals surface area contributed by atoms with Crippen LogP contribution >= 0.6 is 11.3 Å². The molecule has 1 aromatic carbocycles. The van der Waals surface area contributed by atoms with Crippen molar-refractivity contribution in [1.82, 2.24) is 0 Å². The van der Waals surface area contributed by atoms with E-state index in [1.807, 2.05) is 61.4 Å². The predicted molar refractivity (Wildman–Crippen MR) is 106 cm³/mol. The molecule has 1 aromatic heterocycles. The molecule has 0 atom stereocenters. The molecule has 0 saturated heterocycles. The fourth-order valence-corrected chi connectivity index (χ4v) is 4.57. The van der Waals surface area contributed by atoms with Gasteiger partial charge < -0.3 is 10.2 Å². The largest absolute Gasteiger partial charge is 0.325 e. The van der Waals surface area contributed by atoms with Gasteiger partial charge in [0.25, 0.3) is 0 Å². The number of fused-ring (bicyclic) bond motifs is 1. The Morgan fingerprint density at radius 2 is 1.96 bits per heavy atom. The first-order chi connectivity index (χ1) is 12.3. The third-order valence-corrected chi connectivity index (χ3v) is 6.38. The molecule has 1 aliphatic heterocycles. The third-order valence-electron chi connectivity index (χ3n) is 5.30. The smallest absolute Gasteiger partial charge is 0.235 e. The lowest BCUT2D eigenvalue weighted by molar-refractivity contribution is -0.125. The number of carbonyl (C=O) groups is 2. The minimum Gasteiger partial charge on any atom is -0.325 e. The average molecular weight is 369 g/mol. The summed E-state index contributed by atoms with van der Waals surface area (Å²) in [6.45, 7) is 6.53. The number of hydrogen-bond acceptors (Lipinski definition) is 3. The van der Waals surface area contributed by atoms with Crippen molar-refractivity contribution in [2.75, 3.05) is 16.8 Å². The van der Waals surface area contributed by atoms with Gasteiger partial charge in [0.05, 0.1) is 5.41 Å². The first-order valence-electron chi connectivity index (χ1n) is 9.12. The summed E-state index contributed by atoms with van der Waals surface area (Å²) < 4.78 is 0. The van der Waals surface area contributed by atoms with E-state index in [1.165, 1.54) is 5.56 Å². The summed E-state index contributed by atoms with van der Waals surface area (Å²) in [5, 5.41) is 5.11. The molecular weight excluding hydrogens is 344 g/mol. The van der Waals surface area contributed by atoms with E-state index in [2.05, 4.69) is 5.32 Å². The van der Waals surface area contributed by atoms with Crippen LogP contribution in [-0.4, -0.2) is 18.4 Å². The Morgan fingerprint density at radius 1 is 1.19 bits per heavy atom. The van der Waals surface area contributed by atoms with Crippen molar-refractivity contribution in [2.45, 2.75) is 45.4 Å². The maximum absolute atomic E-state index is 12.9. The Morgan fingerprint density at radius 3 is 2.58 bits per heavy atom. The lowest BCUT2D eigenvalue weighted by atomic mass is 9.94. The highest BCUT2D eigenvalue weighted by Gasteiger charge is 2.52. The number of nitrogens with zero attached hydrogens (tertiary/aromatic N) is 1. The van der Waals surface area contributed by atoms with Gasteiger partial charge in [0.15, 0.2) is 0 Å². The Hall–Kier alpha value is -2.14. The van der Waals surface area contributed by atoms with E-state index in [9.17, 15) is 9.59 Å². The molecule has 4 rings (SSSR count). The number of benzene rings is 1. The number of amides is 2. The van der Waals surface area contributed by atoms with E-state index in [4.69, 9.17) is 0 Å². The first kappa shape index (κ1) is 17.3. The van der Waals surface area contributed by atoms with Crippen molar-refractivity contribution in [3.63, 3.8) is 0 Å². The molecule has 4 nitrogen and oxygen atoms in total. The van der Waals surface area contributed by atoms with E-state index in [1.54, 1.807) is 11.3 Å². The quantitative estimate of drug-likeness (QED) is 0.875. The van der Waals surface area contributed by atoms with E-state index >= 15 is 0 Å². The zero-order chi connectivity index (χ0) is 18.5. The molecule has 1 N–H and O–H groups in total. The van der Waals surface area contributed by atoms with Gasteiger partial charge in [0.2, 0.25) is 11.8 Å². The molecule has 136 valence electrons. The van der Waals surface area contributed by atoms with Gasteiger partial charge in [-0.05, 0) is 48.4 Å². The monoisotopic (exact) mass is 368 g/mol. The summed E-state index contributed by atoms with van der Waals surface area (Å²) >= 11 is 1.64. The van der Waals surface area contributed by atoms with Crippen LogP contribution in [0.1, 0.15) is 44.1 Å². The molecule has 2 aliphatic rings. The van der Waals surface area contributed by atoms with Crippen LogP contribution in [0, 0.1) is 5.41 Å². The molecule has 0 unspecified atom stereocenters. The SMILES string of the molecule is CC(C)(C)C(=O)N1CCc2ccc(NC(=O)C3(c4cccs4)CC3)cc21. The van der Waals surface area contributed by atoms with E-state index in [0.717, 1.165) is 35.5 Å². The van der Waals surface area contributed by atoms with Crippen LogP contribution < -0.4 is 10.2 Å².